The molecule has 4 atom stereocenters. The maximum absolute atomic E-state index is 11.9. The first-order valence-corrected chi connectivity index (χ1v) is 9.70. The van der Waals surface area contributed by atoms with E-state index in [9.17, 15) is 14.4 Å². The SMILES string of the molecule is CC(CCCC(=O)O)NC(=O)CCCC[C@@H]1SC[C@@H]2NC(=O)N[C@@H]21. The van der Waals surface area contributed by atoms with E-state index in [4.69, 9.17) is 5.11 Å². The number of carboxylic acid groups (broad SMARTS) is 1. The number of unbranched alkanes of at least 4 members (excludes halogenated alkanes) is 1. The summed E-state index contributed by atoms with van der Waals surface area (Å²) in [4.78, 5) is 33.6. The predicted octanol–water partition coefficient (Wildman–Crippen LogP) is 1.47. The largest absolute Gasteiger partial charge is 0.481 e. The first-order chi connectivity index (χ1) is 11.5. The molecule has 8 heteroatoms. The summed E-state index contributed by atoms with van der Waals surface area (Å²) in [7, 11) is 0. The van der Waals surface area contributed by atoms with Crippen molar-refractivity contribution in [3.63, 3.8) is 0 Å². The number of aliphatic carboxylic acids is 1. The summed E-state index contributed by atoms with van der Waals surface area (Å²) in [6.07, 6.45) is 4.73. The Kier molecular flexibility index (Phi) is 7.20. The van der Waals surface area contributed by atoms with Crippen LogP contribution in [0.1, 0.15) is 51.9 Å². The molecule has 136 valence electrons. The molecule has 0 aromatic carbocycles. The van der Waals surface area contributed by atoms with Crippen molar-refractivity contribution in [2.75, 3.05) is 5.75 Å². The number of nitrogens with one attached hydrogen (secondary N) is 3. The van der Waals surface area contributed by atoms with Crippen molar-refractivity contribution in [1.29, 1.82) is 0 Å². The number of rotatable bonds is 10. The number of carbonyl (C=O) groups is 3. The van der Waals surface area contributed by atoms with Gasteiger partial charge in [-0.05, 0) is 32.6 Å². The van der Waals surface area contributed by atoms with Crippen LogP contribution in [-0.4, -0.2) is 52.1 Å². The average molecular weight is 357 g/mol. The summed E-state index contributed by atoms with van der Waals surface area (Å²) in [5, 5.41) is 17.9. The van der Waals surface area contributed by atoms with Gasteiger partial charge >= 0.3 is 12.0 Å². The molecule has 2 heterocycles. The van der Waals surface area contributed by atoms with E-state index in [2.05, 4.69) is 16.0 Å². The number of hydrogen-bond acceptors (Lipinski definition) is 4. The third-order valence-corrected chi connectivity index (χ3v) is 6.02. The number of hydrogen-bond donors (Lipinski definition) is 4. The lowest BCUT2D eigenvalue weighted by Crippen LogP contribution is -2.36. The zero-order valence-electron chi connectivity index (χ0n) is 14.0. The van der Waals surface area contributed by atoms with Gasteiger partial charge in [0.1, 0.15) is 0 Å². The summed E-state index contributed by atoms with van der Waals surface area (Å²) in [6.45, 7) is 1.91. The van der Waals surface area contributed by atoms with Gasteiger partial charge in [-0.1, -0.05) is 6.42 Å². The Morgan fingerprint density at radius 2 is 2.08 bits per heavy atom. The van der Waals surface area contributed by atoms with Crippen molar-refractivity contribution in [1.82, 2.24) is 16.0 Å². The van der Waals surface area contributed by atoms with Crippen molar-refractivity contribution < 1.29 is 19.5 Å². The van der Waals surface area contributed by atoms with Crippen LogP contribution < -0.4 is 16.0 Å². The fourth-order valence-corrected chi connectivity index (χ4v) is 4.80. The summed E-state index contributed by atoms with van der Waals surface area (Å²) < 4.78 is 0. The molecule has 0 spiro atoms. The van der Waals surface area contributed by atoms with Gasteiger partial charge in [0, 0.05) is 29.9 Å². The van der Waals surface area contributed by atoms with E-state index in [0.717, 1.165) is 25.0 Å². The van der Waals surface area contributed by atoms with Crippen LogP contribution in [0, 0.1) is 0 Å². The fourth-order valence-electron chi connectivity index (χ4n) is 3.25. The van der Waals surface area contributed by atoms with Crippen molar-refractivity contribution in [3.8, 4) is 0 Å². The third-order valence-electron chi connectivity index (χ3n) is 4.52. The maximum atomic E-state index is 11.9. The third kappa shape index (κ3) is 5.89. The van der Waals surface area contributed by atoms with Crippen LogP contribution in [-0.2, 0) is 9.59 Å². The number of carboxylic acids is 1. The van der Waals surface area contributed by atoms with Crippen LogP contribution >= 0.6 is 11.8 Å². The van der Waals surface area contributed by atoms with Gasteiger partial charge in [0.25, 0.3) is 0 Å². The number of thioether (sulfide) groups is 1. The van der Waals surface area contributed by atoms with Gasteiger partial charge < -0.3 is 21.1 Å². The summed E-state index contributed by atoms with van der Waals surface area (Å²) >= 11 is 1.89. The maximum Gasteiger partial charge on any atom is 0.315 e. The molecule has 2 aliphatic rings. The summed E-state index contributed by atoms with van der Waals surface area (Å²) in [6, 6.07) is 0.433. The van der Waals surface area contributed by atoms with Gasteiger partial charge in [-0.2, -0.15) is 11.8 Å². The standard InChI is InChI=1S/C16H27N3O4S/c1-10(5-4-8-14(21)22)17-13(20)7-3-2-6-12-15-11(9-24-12)18-16(23)19-15/h10-12,15H,2-9H2,1H3,(H,17,20)(H,21,22)(H2,18,19,23)/t10?,11-,12-,15-/m0/s1. The number of fused-ring (bicyclic) bond motifs is 1. The smallest absolute Gasteiger partial charge is 0.315 e. The first-order valence-electron chi connectivity index (χ1n) is 8.65. The van der Waals surface area contributed by atoms with Crippen LogP contribution in [0.15, 0.2) is 0 Å². The molecule has 3 amide bonds. The van der Waals surface area contributed by atoms with Crippen LogP contribution in [0.25, 0.3) is 0 Å². The van der Waals surface area contributed by atoms with E-state index in [-0.39, 0.29) is 36.5 Å². The second-order valence-corrected chi connectivity index (χ2v) is 7.89. The lowest BCUT2D eigenvalue weighted by atomic mass is 10.0. The topological polar surface area (TPSA) is 108 Å². The van der Waals surface area contributed by atoms with Crippen LogP contribution in [0.4, 0.5) is 4.79 Å². The molecule has 0 bridgehead atoms. The van der Waals surface area contributed by atoms with Crippen molar-refractivity contribution in [3.05, 3.63) is 0 Å². The fraction of sp³-hybridized carbons (Fsp3) is 0.812. The molecule has 2 aliphatic heterocycles. The van der Waals surface area contributed by atoms with Crippen LogP contribution in [0.5, 0.6) is 0 Å². The Labute approximate surface area is 146 Å². The molecule has 24 heavy (non-hydrogen) atoms. The van der Waals surface area contributed by atoms with Gasteiger partial charge in [0.2, 0.25) is 5.91 Å². The second-order valence-electron chi connectivity index (χ2n) is 6.62. The average Bonchev–Trinajstić information content (AvgIpc) is 3.02. The number of amides is 3. The van der Waals surface area contributed by atoms with E-state index in [0.29, 0.717) is 24.5 Å². The van der Waals surface area contributed by atoms with Crippen LogP contribution in [0.3, 0.4) is 0 Å². The highest BCUT2D eigenvalue weighted by Gasteiger charge is 2.42. The zero-order chi connectivity index (χ0) is 17.5. The number of carbonyl (C=O) groups excluding carboxylic acids is 2. The lowest BCUT2D eigenvalue weighted by molar-refractivity contribution is -0.137. The molecule has 4 N–H and O–H groups in total. The molecule has 0 radical (unpaired) electrons. The molecular weight excluding hydrogens is 330 g/mol. The molecule has 0 aromatic heterocycles. The highest BCUT2D eigenvalue weighted by molar-refractivity contribution is 8.00. The lowest BCUT2D eigenvalue weighted by Gasteiger charge is -2.17. The van der Waals surface area contributed by atoms with Crippen LogP contribution in [0.2, 0.25) is 0 Å². The molecule has 2 saturated heterocycles. The quantitative estimate of drug-likeness (QED) is 0.350. The number of urea groups is 1. The zero-order valence-corrected chi connectivity index (χ0v) is 14.9. The molecule has 0 aliphatic carbocycles. The molecule has 1 unspecified atom stereocenters. The second kappa shape index (κ2) is 9.15. The Bertz CT molecular complexity index is 474. The van der Waals surface area contributed by atoms with E-state index in [1.165, 1.54) is 0 Å². The minimum atomic E-state index is -0.797. The molecule has 0 saturated carbocycles. The Morgan fingerprint density at radius 3 is 2.83 bits per heavy atom. The first kappa shape index (κ1) is 18.9. The molecule has 2 fully saturated rings. The minimum Gasteiger partial charge on any atom is -0.481 e. The Hall–Kier alpha value is -1.44. The molecule has 2 rings (SSSR count). The Balaban J connectivity index is 1.53. The highest BCUT2D eigenvalue weighted by atomic mass is 32.2. The van der Waals surface area contributed by atoms with Gasteiger partial charge in [-0.3, -0.25) is 9.59 Å². The minimum absolute atomic E-state index is 0.0165. The highest BCUT2D eigenvalue weighted by Crippen LogP contribution is 2.33. The molecule has 7 nitrogen and oxygen atoms in total. The van der Waals surface area contributed by atoms with Gasteiger partial charge in [-0.25, -0.2) is 4.79 Å². The van der Waals surface area contributed by atoms with Crippen molar-refractivity contribution in [2.45, 2.75) is 75.2 Å². The van der Waals surface area contributed by atoms with Crippen molar-refractivity contribution in [2.24, 2.45) is 0 Å². The molecular formula is C16H27N3O4S. The van der Waals surface area contributed by atoms with Gasteiger partial charge in [0.15, 0.2) is 0 Å². The summed E-state index contributed by atoms with van der Waals surface area (Å²) in [5.41, 5.74) is 0. The molecule has 0 aromatic rings. The summed E-state index contributed by atoms with van der Waals surface area (Å²) in [5.74, 6) is 0.197. The monoisotopic (exact) mass is 357 g/mol. The van der Waals surface area contributed by atoms with Gasteiger partial charge in [-0.15, -0.1) is 0 Å². The Morgan fingerprint density at radius 1 is 1.29 bits per heavy atom. The predicted molar refractivity (Wildman–Crippen MR) is 93.0 cm³/mol. The van der Waals surface area contributed by atoms with E-state index in [1.807, 2.05) is 18.7 Å². The van der Waals surface area contributed by atoms with Gasteiger partial charge in [0.05, 0.1) is 12.1 Å². The normalized spacial score (nSPS) is 26.4. The van der Waals surface area contributed by atoms with E-state index in [1.54, 1.807) is 0 Å². The van der Waals surface area contributed by atoms with E-state index < -0.39 is 5.97 Å². The van der Waals surface area contributed by atoms with E-state index >= 15 is 0 Å². The van der Waals surface area contributed by atoms with Crippen molar-refractivity contribution >= 4 is 29.7 Å².